The van der Waals surface area contributed by atoms with E-state index in [0.29, 0.717) is 51.8 Å². The molecule has 1 saturated heterocycles. The molecule has 4 aromatic rings. The van der Waals surface area contributed by atoms with Crippen LogP contribution in [0.15, 0.2) is 52.3 Å². The van der Waals surface area contributed by atoms with Crippen LogP contribution in [0.4, 0.5) is 15.9 Å². The van der Waals surface area contributed by atoms with Crippen molar-refractivity contribution in [3.05, 3.63) is 69.9 Å². The minimum absolute atomic E-state index is 0.257. The van der Waals surface area contributed by atoms with Crippen LogP contribution < -0.4 is 10.9 Å². The van der Waals surface area contributed by atoms with Crippen LogP contribution in [0.2, 0.25) is 0 Å². The molecule has 2 aromatic heterocycles. The Labute approximate surface area is 196 Å². The van der Waals surface area contributed by atoms with Gasteiger partial charge in [0, 0.05) is 35.7 Å². The summed E-state index contributed by atoms with van der Waals surface area (Å²) in [5.41, 5.74) is 2.20. The Kier molecular flexibility index (Phi) is 5.61. The molecule has 2 N–H and O–H groups in total. The number of pyridine rings is 2. The first-order chi connectivity index (χ1) is 16.3. The zero-order valence-electron chi connectivity index (χ0n) is 19.0. The molecule has 0 saturated carbocycles. The van der Waals surface area contributed by atoms with Gasteiger partial charge in [0.15, 0.2) is 0 Å². The van der Waals surface area contributed by atoms with E-state index in [9.17, 15) is 17.6 Å². The molecule has 7 nitrogen and oxygen atoms in total. The van der Waals surface area contributed by atoms with Crippen LogP contribution in [-0.2, 0) is 10.0 Å². The predicted octanol–water partition coefficient (Wildman–Crippen LogP) is 4.75. The highest BCUT2D eigenvalue weighted by molar-refractivity contribution is 7.89. The first-order valence-electron chi connectivity index (χ1n) is 11.2. The number of hydrogen-bond donors (Lipinski definition) is 2. The quantitative estimate of drug-likeness (QED) is 0.411. The molecule has 0 amide bonds. The lowest BCUT2D eigenvalue weighted by Gasteiger charge is -2.27. The molecule has 0 aliphatic carbocycles. The van der Waals surface area contributed by atoms with E-state index in [0.717, 1.165) is 24.8 Å². The highest BCUT2D eigenvalue weighted by Gasteiger charge is 2.28. The van der Waals surface area contributed by atoms with E-state index in [1.165, 1.54) is 24.4 Å². The molecule has 9 heteroatoms. The summed E-state index contributed by atoms with van der Waals surface area (Å²) in [6, 6.07) is 9.29. The molecule has 0 spiro atoms. The topological polar surface area (TPSA) is 95.2 Å². The first kappa shape index (κ1) is 22.5. The van der Waals surface area contributed by atoms with E-state index < -0.39 is 15.8 Å². The number of fused-ring (bicyclic) bond motifs is 3. The second-order valence-electron chi connectivity index (χ2n) is 8.74. The van der Waals surface area contributed by atoms with Gasteiger partial charge in [-0.25, -0.2) is 17.8 Å². The van der Waals surface area contributed by atoms with Crippen molar-refractivity contribution in [1.82, 2.24) is 14.3 Å². The van der Waals surface area contributed by atoms with E-state index in [1.807, 2.05) is 13.0 Å². The zero-order chi connectivity index (χ0) is 24.0. The maximum Gasteiger partial charge on any atom is 0.256 e. The number of aryl methyl sites for hydroxylation is 2. The molecule has 176 valence electrons. The van der Waals surface area contributed by atoms with Crippen molar-refractivity contribution in [3.8, 4) is 0 Å². The fraction of sp³-hybridized carbons (Fsp3) is 0.280. The lowest BCUT2D eigenvalue weighted by molar-refractivity contribution is 0.346. The van der Waals surface area contributed by atoms with E-state index in [2.05, 4.69) is 15.3 Å². The highest BCUT2D eigenvalue weighted by atomic mass is 32.2. The highest BCUT2D eigenvalue weighted by Crippen LogP contribution is 2.33. The molecule has 2 aromatic carbocycles. The van der Waals surface area contributed by atoms with Gasteiger partial charge >= 0.3 is 0 Å². The largest absolute Gasteiger partial charge is 0.339 e. The summed E-state index contributed by atoms with van der Waals surface area (Å²) >= 11 is 0. The minimum Gasteiger partial charge on any atom is -0.339 e. The summed E-state index contributed by atoms with van der Waals surface area (Å²) in [7, 11) is -3.64. The molecule has 5 rings (SSSR count). The Morgan fingerprint density at radius 1 is 1.00 bits per heavy atom. The monoisotopic (exact) mass is 480 g/mol. The predicted molar refractivity (Wildman–Crippen MR) is 132 cm³/mol. The summed E-state index contributed by atoms with van der Waals surface area (Å²) in [6.07, 6.45) is 4.26. The van der Waals surface area contributed by atoms with Gasteiger partial charge in [0.05, 0.1) is 15.8 Å². The number of aromatic amines is 1. The Morgan fingerprint density at radius 2 is 1.76 bits per heavy atom. The smallest absolute Gasteiger partial charge is 0.256 e. The molecular weight excluding hydrogens is 455 g/mol. The van der Waals surface area contributed by atoms with E-state index in [1.54, 1.807) is 23.4 Å². The number of hydrogen-bond acceptors (Lipinski definition) is 5. The third-order valence-electron chi connectivity index (χ3n) is 6.38. The summed E-state index contributed by atoms with van der Waals surface area (Å²) in [5.74, 6) is -0.0602. The fourth-order valence-corrected chi connectivity index (χ4v) is 6.39. The van der Waals surface area contributed by atoms with Gasteiger partial charge in [-0.05, 0) is 68.1 Å². The van der Waals surface area contributed by atoms with Gasteiger partial charge in [-0.2, -0.15) is 4.31 Å². The Bertz CT molecular complexity index is 1590. The van der Waals surface area contributed by atoms with E-state index in [4.69, 9.17) is 0 Å². The van der Waals surface area contributed by atoms with Gasteiger partial charge in [-0.3, -0.25) is 4.79 Å². The van der Waals surface area contributed by atoms with Crippen molar-refractivity contribution < 1.29 is 12.8 Å². The fourth-order valence-electron chi connectivity index (χ4n) is 4.64. The Hall–Kier alpha value is -3.30. The minimum atomic E-state index is -3.64. The van der Waals surface area contributed by atoms with Gasteiger partial charge in [0.25, 0.3) is 5.56 Å². The SMILES string of the molecule is Cc1cc(C)c(S(=O)(=O)N2CCCCC2)cc1Nc1nc2ccc(F)cc2c2c(=O)[nH]ccc12. The first-order valence-corrected chi connectivity index (χ1v) is 12.7. The number of halogens is 1. The van der Waals surface area contributed by atoms with Crippen molar-refractivity contribution >= 4 is 43.2 Å². The molecule has 1 fully saturated rings. The van der Waals surface area contributed by atoms with Gasteiger partial charge in [0.2, 0.25) is 10.0 Å². The lowest BCUT2D eigenvalue weighted by atomic mass is 10.1. The standard InChI is InChI=1S/C25H25FN4O3S/c1-15-12-16(2)22(34(32,33)30-10-4-3-5-11-30)14-21(15)29-24-18-8-9-27-25(31)23(18)19-13-17(26)6-7-20(19)28-24/h6-9,12-14H,3-5,10-11H2,1-2H3,(H,27,31)(H,28,29). The number of H-pyrrole nitrogens is 1. The van der Waals surface area contributed by atoms with Crippen molar-refractivity contribution in [2.45, 2.75) is 38.0 Å². The van der Waals surface area contributed by atoms with Gasteiger partial charge in [0.1, 0.15) is 11.6 Å². The van der Waals surface area contributed by atoms with Gasteiger partial charge in [-0.15, -0.1) is 0 Å². The Balaban J connectivity index is 1.66. The molecule has 0 atom stereocenters. The number of sulfonamides is 1. The van der Waals surface area contributed by atoms with Crippen molar-refractivity contribution in [2.24, 2.45) is 0 Å². The Morgan fingerprint density at radius 3 is 2.53 bits per heavy atom. The summed E-state index contributed by atoms with van der Waals surface area (Å²) in [5, 5.41) is 4.50. The molecule has 0 unspecified atom stereocenters. The van der Waals surface area contributed by atoms with Gasteiger partial charge < -0.3 is 10.3 Å². The second kappa shape index (κ2) is 8.48. The van der Waals surface area contributed by atoms with Crippen LogP contribution in [-0.4, -0.2) is 35.8 Å². The van der Waals surface area contributed by atoms with Crippen LogP contribution in [0.5, 0.6) is 0 Å². The molecule has 3 heterocycles. The summed E-state index contributed by atoms with van der Waals surface area (Å²) in [6.45, 7) is 4.73. The van der Waals surface area contributed by atoms with Crippen LogP contribution in [0, 0.1) is 19.7 Å². The average Bonchev–Trinajstić information content (AvgIpc) is 2.81. The molecule has 34 heavy (non-hydrogen) atoms. The normalized spacial score (nSPS) is 15.1. The number of nitrogens with zero attached hydrogens (tertiary/aromatic N) is 2. The number of piperidine rings is 1. The summed E-state index contributed by atoms with van der Waals surface area (Å²) < 4.78 is 42.3. The van der Waals surface area contributed by atoms with Crippen LogP contribution in [0.25, 0.3) is 21.7 Å². The lowest BCUT2D eigenvalue weighted by Crippen LogP contribution is -2.36. The van der Waals surface area contributed by atoms with Crippen LogP contribution in [0.1, 0.15) is 30.4 Å². The number of anilines is 2. The van der Waals surface area contributed by atoms with Crippen LogP contribution in [0.3, 0.4) is 0 Å². The van der Waals surface area contributed by atoms with Crippen molar-refractivity contribution in [2.75, 3.05) is 18.4 Å². The third-order valence-corrected chi connectivity index (χ3v) is 8.42. The summed E-state index contributed by atoms with van der Waals surface area (Å²) in [4.78, 5) is 20.2. The van der Waals surface area contributed by atoms with Crippen molar-refractivity contribution in [3.63, 3.8) is 0 Å². The maximum absolute atomic E-state index is 13.9. The second-order valence-corrected chi connectivity index (χ2v) is 10.6. The van der Waals surface area contributed by atoms with Crippen molar-refractivity contribution in [1.29, 1.82) is 0 Å². The molecule has 0 bridgehead atoms. The zero-order valence-corrected chi connectivity index (χ0v) is 19.8. The number of aromatic nitrogens is 2. The number of nitrogens with one attached hydrogen (secondary N) is 2. The number of benzene rings is 2. The van der Waals surface area contributed by atoms with Crippen LogP contribution >= 0.6 is 0 Å². The molecular formula is C25H25FN4O3S. The van der Waals surface area contributed by atoms with E-state index in [-0.39, 0.29) is 10.5 Å². The molecule has 1 aliphatic heterocycles. The maximum atomic E-state index is 13.9. The van der Waals surface area contributed by atoms with Gasteiger partial charge in [-0.1, -0.05) is 12.5 Å². The molecule has 1 aliphatic rings. The third kappa shape index (κ3) is 3.84. The van der Waals surface area contributed by atoms with E-state index >= 15 is 0 Å². The number of rotatable bonds is 4. The molecule has 0 radical (unpaired) electrons. The average molecular weight is 481 g/mol.